The van der Waals surface area contributed by atoms with Crippen molar-refractivity contribution in [2.24, 2.45) is 4.99 Å². The minimum atomic E-state index is 0.647. The molecule has 0 N–H and O–H groups in total. The molecule has 2 aromatic rings. The number of thiazole rings is 1. The Labute approximate surface area is 121 Å². The van der Waals surface area contributed by atoms with Gasteiger partial charge in [-0.3, -0.25) is 4.99 Å². The van der Waals surface area contributed by atoms with Crippen LogP contribution in [0.25, 0.3) is 16.3 Å². The Hall–Kier alpha value is -2.51. The van der Waals surface area contributed by atoms with Crippen LogP contribution >= 0.6 is 11.3 Å². The minimum absolute atomic E-state index is 0.647. The molecule has 0 atom stereocenters. The number of aromatic nitrogens is 1. The highest BCUT2D eigenvalue weighted by Crippen LogP contribution is 2.28. The highest BCUT2D eigenvalue weighted by molar-refractivity contribution is 7.13. The van der Waals surface area contributed by atoms with Gasteiger partial charge in [-0.25, -0.2) is 4.98 Å². The molecule has 0 unspecified atom stereocenters. The summed E-state index contributed by atoms with van der Waals surface area (Å²) in [5.41, 5.74) is 3.36. The molecule has 0 saturated carbocycles. The van der Waals surface area contributed by atoms with Crippen molar-refractivity contribution in [2.75, 3.05) is 0 Å². The van der Waals surface area contributed by atoms with E-state index in [1.54, 1.807) is 17.4 Å². The number of benzene rings is 1. The number of nitrogens with zero attached hydrogens (tertiary/aromatic N) is 3. The lowest BCUT2D eigenvalue weighted by Gasteiger charge is -1.97. The molecule has 0 bridgehead atoms. The van der Waals surface area contributed by atoms with Gasteiger partial charge in [-0.05, 0) is 18.2 Å². The second-order valence-electron chi connectivity index (χ2n) is 4.26. The summed E-state index contributed by atoms with van der Waals surface area (Å²) in [6, 6.07) is 9.64. The fraction of sp³-hybridized carbons (Fsp3) is 0.0625. The van der Waals surface area contributed by atoms with Crippen molar-refractivity contribution >= 4 is 23.2 Å². The summed E-state index contributed by atoms with van der Waals surface area (Å²) in [6.45, 7) is 0. The quantitative estimate of drug-likeness (QED) is 0.831. The number of hydrogen-bond acceptors (Lipinski definition) is 4. The van der Waals surface area contributed by atoms with Gasteiger partial charge in [-0.15, -0.1) is 11.3 Å². The largest absolute Gasteiger partial charge is 0.259 e. The Morgan fingerprint density at radius 2 is 2.25 bits per heavy atom. The van der Waals surface area contributed by atoms with Crippen LogP contribution in [0, 0.1) is 11.3 Å². The summed E-state index contributed by atoms with van der Waals surface area (Å²) < 4.78 is 0. The van der Waals surface area contributed by atoms with Crippen LogP contribution in [0.5, 0.6) is 0 Å². The molecule has 1 aromatic carbocycles. The zero-order valence-corrected chi connectivity index (χ0v) is 11.5. The number of hydrogen-bond donors (Lipinski definition) is 0. The van der Waals surface area contributed by atoms with Gasteiger partial charge in [-0.2, -0.15) is 5.26 Å². The Morgan fingerprint density at radius 3 is 3.15 bits per heavy atom. The first-order valence-corrected chi connectivity index (χ1v) is 7.10. The lowest BCUT2D eigenvalue weighted by molar-refractivity contribution is 1.32. The molecule has 96 valence electrons. The summed E-state index contributed by atoms with van der Waals surface area (Å²) in [5.74, 6) is 0. The van der Waals surface area contributed by atoms with E-state index in [-0.39, 0.29) is 0 Å². The van der Waals surface area contributed by atoms with E-state index in [2.05, 4.69) is 22.1 Å². The fourth-order valence-corrected chi connectivity index (χ4v) is 2.70. The molecule has 3 nitrogen and oxygen atoms in total. The molecule has 0 radical (unpaired) electrons. The molecule has 4 heteroatoms. The average molecular weight is 277 g/mol. The molecule has 0 spiro atoms. The maximum atomic E-state index is 8.95. The maximum absolute atomic E-state index is 8.95. The molecule has 1 aliphatic heterocycles. The summed E-state index contributed by atoms with van der Waals surface area (Å²) in [5, 5.41) is 11.8. The van der Waals surface area contributed by atoms with Crippen molar-refractivity contribution in [3.63, 3.8) is 0 Å². The van der Waals surface area contributed by atoms with E-state index in [4.69, 9.17) is 5.26 Å². The van der Waals surface area contributed by atoms with Crippen LogP contribution < -0.4 is 0 Å². The van der Waals surface area contributed by atoms with E-state index in [1.165, 1.54) is 0 Å². The number of nitriles is 1. The zero-order valence-electron chi connectivity index (χ0n) is 10.7. The minimum Gasteiger partial charge on any atom is -0.259 e. The van der Waals surface area contributed by atoms with Crippen molar-refractivity contribution in [1.29, 1.82) is 5.26 Å². The first-order valence-electron chi connectivity index (χ1n) is 6.22. The molecule has 0 aliphatic carbocycles. The Kier molecular flexibility index (Phi) is 3.53. The van der Waals surface area contributed by atoms with E-state index in [0.717, 1.165) is 28.4 Å². The van der Waals surface area contributed by atoms with Gasteiger partial charge >= 0.3 is 0 Å². The van der Waals surface area contributed by atoms with E-state index in [0.29, 0.717) is 5.56 Å². The first-order chi connectivity index (χ1) is 9.86. The van der Waals surface area contributed by atoms with E-state index < -0.39 is 0 Å². The average Bonchev–Trinajstić information content (AvgIpc) is 2.83. The predicted octanol–water partition coefficient (Wildman–Crippen LogP) is 4.05. The van der Waals surface area contributed by atoms with Crippen LogP contribution in [0.2, 0.25) is 0 Å². The maximum Gasteiger partial charge on any atom is 0.124 e. The lowest BCUT2D eigenvalue weighted by atomic mass is 10.1. The topological polar surface area (TPSA) is 49.0 Å². The van der Waals surface area contributed by atoms with Crippen molar-refractivity contribution < 1.29 is 0 Å². The third-order valence-electron chi connectivity index (χ3n) is 2.87. The molecule has 20 heavy (non-hydrogen) atoms. The molecular weight excluding hydrogens is 266 g/mol. The van der Waals surface area contributed by atoms with Crippen LogP contribution in [0.4, 0.5) is 0 Å². The van der Waals surface area contributed by atoms with Crippen molar-refractivity contribution in [3.8, 4) is 16.6 Å². The lowest BCUT2D eigenvalue weighted by Crippen LogP contribution is -1.83. The molecule has 0 amide bonds. The summed E-state index contributed by atoms with van der Waals surface area (Å²) in [7, 11) is 0. The van der Waals surface area contributed by atoms with Crippen molar-refractivity contribution in [1.82, 2.24) is 4.98 Å². The van der Waals surface area contributed by atoms with Gasteiger partial charge in [0.05, 0.1) is 17.3 Å². The standard InChI is InChI=1S/C16H11N3S/c17-10-12-5-4-6-13(9-12)16-19-15(11-20-16)14-7-2-1-3-8-18-14/h1-2,4-9,11H,3H2. The highest BCUT2D eigenvalue weighted by Gasteiger charge is 2.08. The Bertz CT molecular complexity index is 760. The normalized spacial score (nSPS) is 13.7. The third-order valence-corrected chi connectivity index (χ3v) is 3.76. The van der Waals surface area contributed by atoms with Crippen LogP contribution in [-0.2, 0) is 0 Å². The highest BCUT2D eigenvalue weighted by atomic mass is 32.1. The van der Waals surface area contributed by atoms with Gasteiger partial charge in [-0.1, -0.05) is 24.3 Å². The Balaban J connectivity index is 1.96. The number of rotatable bonds is 2. The smallest absolute Gasteiger partial charge is 0.124 e. The van der Waals surface area contributed by atoms with Crippen molar-refractivity contribution in [2.45, 2.75) is 6.42 Å². The first kappa shape index (κ1) is 12.5. The molecule has 1 aliphatic rings. The molecule has 0 saturated heterocycles. The van der Waals surface area contributed by atoms with E-state index in [9.17, 15) is 0 Å². The van der Waals surface area contributed by atoms with Crippen LogP contribution in [-0.4, -0.2) is 11.2 Å². The SMILES string of the molecule is N#Cc1cccc(-c2nc(C3=CC=CCC=N3)cs2)c1. The summed E-state index contributed by atoms with van der Waals surface area (Å²) >= 11 is 1.56. The van der Waals surface area contributed by atoms with Gasteiger partial charge < -0.3 is 0 Å². The zero-order chi connectivity index (χ0) is 13.8. The third kappa shape index (κ3) is 2.58. The fourth-order valence-electron chi connectivity index (χ4n) is 1.89. The van der Waals surface area contributed by atoms with Gasteiger partial charge in [0.1, 0.15) is 10.7 Å². The molecule has 0 fully saturated rings. The summed E-state index contributed by atoms with van der Waals surface area (Å²) in [6.07, 6.45) is 8.75. The molecule has 3 rings (SSSR count). The monoisotopic (exact) mass is 277 g/mol. The van der Waals surface area contributed by atoms with Gasteiger partial charge in [0.2, 0.25) is 0 Å². The summed E-state index contributed by atoms with van der Waals surface area (Å²) in [4.78, 5) is 9.01. The second kappa shape index (κ2) is 5.64. The van der Waals surface area contributed by atoms with Gasteiger partial charge in [0.15, 0.2) is 0 Å². The van der Waals surface area contributed by atoms with Crippen molar-refractivity contribution in [3.05, 3.63) is 59.1 Å². The predicted molar refractivity (Wildman–Crippen MR) is 82.5 cm³/mol. The van der Waals surface area contributed by atoms with Crippen LogP contribution in [0.15, 0.2) is 52.9 Å². The number of aliphatic imine (C=N–C) groups is 1. The van der Waals surface area contributed by atoms with Gasteiger partial charge in [0, 0.05) is 23.6 Å². The van der Waals surface area contributed by atoms with E-state index in [1.807, 2.05) is 41.9 Å². The molecule has 1 aromatic heterocycles. The van der Waals surface area contributed by atoms with Gasteiger partial charge in [0.25, 0.3) is 0 Å². The second-order valence-corrected chi connectivity index (χ2v) is 5.12. The van der Waals surface area contributed by atoms with Crippen LogP contribution in [0.1, 0.15) is 17.7 Å². The Morgan fingerprint density at radius 1 is 1.30 bits per heavy atom. The molecule has 2 heterocycles. The molecular formula is C16H11N3S. The van der Waals surface area contributed by atoms with E-state index >= 15 is 0 Å². The van der Waals surface area contributed by atoms with Crippen LogP contribution in [0.3, 0.4) is 0 Å². The number of allylic oxidation sites excluding steroid dienone is 3.